The summed E-state index contributed by atoms with van der Waals surface area (Å²) < 4.78 is 51.2. The zero-order chi connectivity index (χ0) is 26.2. The van der Waals surface area contributed by atoms with Gasteiger partial charge in [0, 0.05) is 42.0 Å². The number of carbonyl (C=O) groups excluding carboxylic acids is 1. The van der Waals surface area contributed by atoms with Gasteiger partial charge in [-0.2, -0.15) is 0 Å². The molecule has 7 nitrogen and oxygen atoms in total. The number of aromatic nitrogens is 1. The largest absolute Gasteiger partial charge is 0.374 e. The highest BCUT2D eigenvalue weighted by atomic mass is 32.2. The van der Waals surface area contributed by atoms with Crippen LogP contribution in [0.2, 0.25) is 0 Å². The summed E-state index contributed by atoms with van der Waals surface area (Å²) in [7, 11) is -1.13. The Balaban J connectivity index is 1.27. The zero-order valence-corrected chi connectivity index (χ0v) is 21.2. The average molecular weight is 527 g/mol. The third-order valence-corrected chi connectivity index (χ3v) is 8.93. The zero-order valence-electron chi connectivity index (χ0n) is 20.4. The third-order valence-electron chi connectivity index (χ3n) is 7.11. The average Bonchev–Trinajstić information content (AvgIpc) is 3.09. The molecule has 1 aromatic heterocycles. The van der Waals surface area contributed by atoms with Gasteiger partial charge in [-0.15, -0.1) is 0 Å². The van der Waals surface area contributed by atoms with Crippen molar-refractivity contribution < 1.29 is 22.0 Å². The fraction of sp³-hybridized carbons (Fsp3) is 0.370. The van der Waals surface area contributed by atoms with E-state index in [4.69, 9.17) is 0 Å². The highest BCUT2D eigenvalue weighted by Gasteiger charge is 2.49. The minimum atomic E-state index is -3.02. The summed E-state index contributed by atoms with van der Waals surface area (Å²) in [6.07, 6.45) is 6.74. The topological polar surface area (TPSA) is 91.7 Å². The number of allylic oxidation sites excluding steroid dienone is 2. The van der Waals surface area contributed by atoms with Gasteiger partial charge >= 0.3 is 0 Å². The predicted molar refractivity (Wildman–Crippen MR) is 138 cm³/mol. The van der Waals surface area contributed by atoms with E-state index in [2.05, 4.69) is 15.3 Å². The van der Waals surface area contributed by atoms with E-state index < -0.39 is 27.2 Å². The Morgan fingerprint density at radius 1 is 1.19 bits per heavy atom. The minimum Gasteiger partial charge on any atom is -0.374 e. The number of carbonyl (C=O) groups is 1. The standard InChI is InChI=1S/C27H28F2N4O3S/c1-33(17-27(13-20(28)14-27)25-23(29)6-3-10-31-25)22-7-8-24(30-11-9-22)18-4-2-5-19(12-18)26(34)32-21-15-37(35,36)16-21/h2-10,12,20-21H,11,13-17H2,1H3,(H,32,34). The number of likely N-dealkylation sites (N-methyl/N-ethyl adjacent to an activating group) is 1. The second kappa shape index (κ2) is 9.81. The van der Waals surface area contributed by atoms with Crippen LogP contribution in [0, 0.1) is 5.82 Å². The number of hydrogen-bond donors (Lipinski definition) is 1. The van der Waals surface area contributed by atoms with E-state index in [-0.39, 0.29) is 36.3 Å². The summed E-state index contributed by atoms with van der Waals surface area (Å²) in [6, 6.07) is 9.57. The molecule has 37 heavy (non-hydrogen) atoms. The number of alkyl halides is 1. The molecule has 0 unspecified atom stereocenters. The van der Waals surface area contributed by atoms with Gasteiger partial charge < -0.3 is 10.2 Å². The normalized spacial score (nSPS) is 24.7. The molecule has 0 radical (unpaired) electrons. The van der Waals surface area contributed by atoms with E-state index >= 15 is 0 Å². The van der Waals surface area contributed by atoms with Crippen molar-refractivity contribution in [1.82, 2.24) is 15.2 Å². The number of nitrogens with one attached hydrogen (secondary N) is 1. The first-order chi connectivity index (χ1) is 17.6. The summed E-state index contributed by atoms with van der Waals surface area (Å²) in [5.74, 6) is -0.800. The number of sulfone groups is 1. The molecule has 1 aliphatic carbocycles. The van der Waals surface area contributed by atoms with E-state index in [1.807, 2.05) is 36.2 Å². The van der Waals surface area contributed by atoms with Gasteiger partial charge in [-0.1, -0.05) is 12.1 Å². The van der Waals surface area contributed by atoms with Gasteiger partial charge in [-0.25, -0.2) is 17.2 Å². The van der Waals surface area contributed by atoms with Crippen LogP contribution in [0.3, 0.4) is 0 Å². The van der Waals surface area contributed by atoms with E-state index in [0.29, 0.717) is 30.1 Å². The molecule has 1 N–H and O–H groups in total. The maximum absolute atomic E-state index is 14.5. The molecule has 3 heterocycles. The highest BCUT2D eigenvalue weighted by molar-refractivity contribution is 7.92. The second-order valence-corrected chi connectivity index (χ2v) is 12.1. The second-order valence-electron chi connectivity index (χ2n) is 9.99. The van der Waals surface area contributed by atoms with Gasteiger partial charge in [0.05, 0.1) is 35.5 Å². The molecule has 0 spiro atoms. The number of rotatable bonds is 7. The Morgan fingerprint density at radius 2 is 1.97 bits per heavy atom. The molecule has 194 valence electrons. The monoisotopic (exact) mass is 526 g/mol. The van der Waals surface area contributed by atoms with E-state index in [1.54, 1.807) is 24.4 Å². The SMILES string of the molecule is CN(CC1(c2ncccc2F)CC(F)C1)C1=CCN=C(c2cccc(C(=O)NC3CS(=O)(=O)C3)c2)C=C1. The van der Waals surface area contributed by atoms with Crippen LogP contribution < -0.4 is 5.32 Å². The lowest BCUT2D eigenvalue weighted by Crippen LogP contribution is -2.52. The minimum absolute atomic E-state index is 0.0317. The lowest BCUT2D eigenvalue weighted by molar-refractivity contribution is 0.0662. The summed E-state index contributed by atoms with van der Waals surface area (Å²) in [5, 5.41) is 2.75. The van der Waals surface area contributed by atoms with Crippen LogP contribution in [0.4, 0.5) is 8.78 Å². The van der Waals surface area contributed by atoms with Crippen molar-refractivity contribution in [3.05, 3.63) is 89.2 Å². The summed E-state index contributed by atoms with van der Waals surface area (Å²) in [4.78, 5) is 23.4. The number of benzene rings is 1. The molecule has 1 amide bonds. The molecule has 0 bridgehead atoms. The molecule has 1 saturated heterocycles. The van der Waals surface area contributed by atoms with Gasteiger partial charge in [0.1, 0.15) is 12.0 Å². The molecule has 1 saturated carbocycles. The molecular formula is C27H28F2N4O3S. The van der Waals surface area contributed by atoms with Gasteiger partial charge in [-0.05, 0) is 55.3 Å². The number of nitrogens with zero attached hydrogens (tertiary/aromatic N) is 3. The van der Waals surface area contributed by atoms with E-state index in [9.17, 15) is 22.0 Å². The first kappa shape index (κ1) is 25.3. The van der Waals surface area contributed by atoms with Gasteiger partial charge in [0.25, 0.3) is 5.91 Å². The molecule has 10 heteroatoms. The Bertz CT molecular complexity index is 1400. The fourth-order valence-corrected chi connectivity index (χ4v) is 6.53. The first-order valence-electron chi connectivity index (χ1n) is 12.1. The number of amides is 1. The highest BCUT2D eigenvalue weighted by Crippen LogP contribution is 2.46. The van der Waals surface area contributed by atoms with Crippen molar-refractivity contribution in [1.29, 1.82) is 0 Å². The maximum Gasteiger partial charge on any atom is 0.251 e. The van der Waals surface area contributed by atoms with Crippen LogP contribution in [0.15, 0.2) is 71.5 Å². The van der Waals surface area contributed by atoms with Crippen LogP contribution in [-0.2, 0) is 15.3 Å². The summed E-state index contributed by atoms with van der Waals surface area (Å²) >= 11 is 0. The van der Waals surface area contributed by atoms with Crippen molar-refractivity contribution in [2.24, 2.45) is 4.99 Å². The fourth-order valence-electron chi connectivity index (χ4n) is 5.24. The number of halogens is 2. The summed E-state index contributed by atoms with van der Waals surface area (Å²) in [6.45, 7) is 0.814. The molecule has 2 fully saturated rings. The van der Waals surface area contributed by atoms with E-state index in [1.165, 1.54) is 12.1 Å². The summed E-state index contributed by atoms with van der Waals surface area (Å²) in [5.41, 5.74) is 2.37. The van der Waals surface area contributed by atoms with Crippen LogP contribution in [0.1, 0.15) is 34.5 Å². The van der Waals surface area contributed by atoms with Crippen molar-refractivity contribution in [3.8, 4) is 0 Å². The number of pyridine rings is 1. The Hall–Kier alpha value is -3.40. The molecule has 5 rings (SSSR count). The third kappa shape index (κ3) is 5.34. The van der Waals surface area contributed by atoms with Crippen LogP contribution in [-0.4, -0.2) is 73.8 Å². The van der Waals surface area contributed by atoms with Gasteiger partial charge in [0.15, 0.2) is 9.84 Å². The molecule has 1 aromatic carbocycles. The predicted octanol–water partition coefficient (Wildman–Crippen LogP) is 2.99. The molecule has 2 aromatic rings. The Kier molecular flexibility index (Phi) is 6.70. The number of hydrogen-bond acceptors (Lipinski definition) is 6. The number of aliphatic imine (C=N–C) groups is 1. The van der Waals surface area contributed by atoms with Crippen LogP contribution in [0.25, 0.3) is 0 Å². The van der Waals surface area contributed by atoms with Crippen molar-refractivity contribution in [2.45, 2.75) is 30.5 Å². The lowest BCUT2D eigenvalue weighted by atomic mass is 9.64. The van der Waals surface area contributed by atoms with Gasteiger partial charge in [0.2, 0.25) is 0 Å². The molecule has 0 atom stereocenters. The van der Waals surface area contributed by atoms with Crippen molar-refractivity contribution in [2.75, 3.05) is 31.6 Å². The first-order valence-corrected chi connectivity index (χ1v) is 14.0. The molecular weight excluding hydrogens is 498 g/mol. The van der Waals surface area contributed by atoms with Gasteiger partial charge in [-0.3, -0.25) is 14.8 Å². The Labute approximate surface area is 214 Å². The lowest BCUT2D eigenvalue weighted by Gasteiger charge is -2.46. The van der Waals surface area contributed by atoms with Crippen LogP contribution in [0.5, 0.6) is 0 Å². The van der Waals surface area contributed by atoms with Crippen molar-refractivity contribution in [3.63, 3.8) is 0 Å². The maximum atomic E-state index is 14.5. The van der Waals surface area contributed by atoms with Crippen molar-refractivity contribution >= 4 is 21.5 Å². The molecule has 2 aliphatic heterocycles. The Morgan fingerprint density at radius 3 is 2.68 bits per heavy atom. The van der Waals surface area contributed by atoms with Crippen LogP contribution >= 0.6 is 0 Å². The van der Waals surface area contributed by atoms with E-state index in [0.717, 1.165) is 11.3 Å². The molecule has 3 aliphatic rings. The smallest absolute Gasteiger partial charge is 0.251 e. The quantitative estimate of drug-likeness (QED) is 0.599.